The number of para-hydroxylation sites is 2. The van der Waals surface area contributed by atoms with Gasteiger partial charge in [-0.05, 0) is 31.5 Å². The number of benzene rings is 2. The molecule has 2 aromatic carbocycles. The van der Waals surface area contributed by atoms with E-state index in [0.29, 0.717) is 27.7 Å². The van der Waals surface area contributed by atoms with Crippen molar-refractivity contribution in [2.24, 2.45) is 4.99 Å². The van der Waals surface area contributed by atoms with Gasteiger partial charge in [-0.1, -0.05) is 55.1 Å². The Morgan fingerprint density at radius 1 is 1.06 bits per heavy atom. The van der Waals surface area contributed by atoms with Crippen molar-refractivity contribution in [3.63, 3.8) is 0 Å². The summed E-state index contributed by atoms with van der Waals surface area (Å²) in [6.07, 6.45) is 2.48. The summed E-state index contributed by atoms with van der Waals surface area (Å²) in [5.41, 5.74) is 2.59. The summed E-state index contributed by atoms with van der Waals surface area (Å²) < 4.78 is 1.48. The molecule has 0 unspecified atom stereocenters. The molecule has 2 aromatic heterocycles. The van der Waals surface area contributed by atoms with Crippen molar-refractivity contribution in [2.45, 2.75) is 25.4 Å². The smallest absolute Gasteiger partial charge is 0.280 e. The number of nitrogens with one attached hydrogen (secondary N) is 2. The van der Waals surface area contributed by atoms with Crippen molar-refractivity contribution < 1.29 is 0 Å². The molecule has 0 amide bonds. The van der Waals surface area contributed by atoms with E-state index >= 15 is 0 Å². The zero-order valence-corrected chi connectivity index (χ0v) is 18.5. The van der Waals surface area contributed by atoms with Gasteiger partial charge in [-0.3, -0.25) is 24.7 Å². The Morgan fingerprint density at radius 3 is 2.56 bits per heavy atom. The molecule has 0 spiro atoms. The molecule has 8 nitrogen and oxygen atoms in total. The van der Waals surface area contributed by atoms with Gasteiger partial charge in [0, 0.05) is 23.2 Å². The predicted octanol–water partition coefficient (Wildman–Crippen LogP) is 3.87. The Bertz CT molecular complexity index is 1370. The Balaban J connectivity index is 1.69. The first-order chi connectivity index (χ1) is 15.6. The zero-order valence-electron chi connectivity index (χ0n) is 17.7. The lowest BCUT2D eigenvalue weighted by Gasteiger charge is -2.04. The van der Waals surface area contributed by atoms with Crippen LogP contribution in [0.4, 0.5) is 5.69 Å². The fourth-order valence-electron chi connectivity index (χ4n) is 3.15. The lowest BCUT2D eigenvalue weighted by molar-refractivity contribution is 0.823. The summed E-state index contributed by atoms with van der Waals surface area (Å²) in [5.74, 6) is 0.849. The molecule has 0 aliphatic heterocycles. The largest absolute Gasteiger partial charge is 0.298 e. The van der Waals surface area contributed by atoms with E-state index < -0.39 is 0 Å². The highest BCUT2D eigenvalue weighted by atomic mass is 32.2. The van der Waals surface area contributed by atoms with Crippen molar-refractivity contribution in [2.75, 3.05) is 5.75 Å². The van der Waals surface area contributed by atoms with E-state index in [1.165, 1.54) is 22.7 Å². The molecule has 2 N–H and O–H groups in total. The van der Waals surface area contributed by atoms with Gasteiger partial charge in [0.25, 0.3) is 11.1 Å². The van der Waals surface area contributed by atoms with Crippen molar-refractivity contribution >= 4 is 23.7 Å². The number of nitrogens with zero attached hydrogens (tertiary/aromatic N) is 4. The number of hydrogen-bond acceptors (Lipinski definition) is 6. The highest BCUT2D eigenvalue weighted by Gasteiger charge is 2.13. The SMILES string of the molecule is CCCSc1nnc(-c2ccccc2N=Cc2c(C)[nH]n(-c3ccccc3)c2=O)c(=O)[nH]1. The van der Waals surface area contributed by atoms with Gasteiger partial charge in [-0.15, -0.1) is 10.2 Å². The van der Waals surface area contributed by atoms with Gasteiger partial charge in [0.15, 0.2) is 10.9 Å². The first-order valence-corrected chi connectivity index (χ1v) is 11.2. The molecule has 4 aromatic rings. The van der Waals surface area contributed by atoms with Crippen LogP contribution in [-0.2, 0) is 0 Å². The van der Waals surface area contributed by atoms with Crippen LogP contribution in [0.3, 0.4) is 0 Å². The predicted molar refractivity (Wildman–Crippen MR) is 127 cm³/mol. The summed E-state index contributed by atoms with van der Waals surface area (Å²) in [5, 5.41) is 11.8. The molecule has 9 heteroatoms. The normalized spacial score (nSPS) is 11.3. The van der Waals surface area contributed by atoms with Gasteiger partial charge in [-0.25, -0.2) is 4.68 Å². The summed E-state index contributed by atoms with van der Waals surface area (Å²) in [4.78, 5) is 32.8. The van der Waals surface area contributed by atoms with Gasteiger partial charge < -0.3 is 0 Å². The monoisotopic (exact) mass is 446 g/mol. The van der Waals surface area contributed by atoms with E-state index in [-0.39, 0.29) is 16.8 Å². The minimum atomic E-state index is -0.328. The molecule has 2 heterocycles. The number of aromatic amines is 2. The molecular weight excluding hydrogens is 424 g/mol. The van der Waals surface area contributed by atoms with Crippen molar-refractivity contribution in [1.29, 1.82) is 0 Å². The second-order valence-electron chi connectivity index (χ2n) is 7.06. The molecule has 0 fully saturated rings. The van der Waals surface area contributed by atoms with E-state index in [0.717, 1.165) is 17.9 Å². The molecule has 162 valence electrons. The number of H-pyrrole nitrogens is 2. The minimum Gasteiger partial charge on any atom is -0.298 e. The van der Waals surface area contributed by atoms with E-state index in [1.807, 2.05) is 43.3 Å². The second kappa shape index (κ2) is 9.61. The Labute approximate surface area is 188 Å². The number of thioether (sulfide) groups is 1. The summed E-state index contributed by atoms with van der Waals surface area (Å²) in [7, 11) is 0. The third-order valence-electron chi connectivity index (χ3n) is 4.74. The van der Waals surface area contributed by atoms with Crippen molar-refractivity contribution in [3.8, 4) is 16.9 Å². The zero-order chi connectivity index (χ0) is 22.5. The summed E-state index contributed by atoms with van der Waals surface area (Å²) >= 11 is 1.45. The van der Waals surface area contributed by atoms with Gasteiger partial charge in [0.2, 0.25) is 0 Å². The van der Waals surface area contributed by atoms with Gasteiger partial charge in [-0.2, -0.15) is 0 Å². The Hall–Kier alpha value is -3.72. The first-order valence-electron chi connectivity index (χ1n) is 10.2. The summed E-state index contributed by atoms with van der Waals surface area (Å²) in [6, 6.07) is 16.5. The van der Waals surface area contributed by atoms with Gasteiger partial charge in [0.05, 0.1) is 16.9 Å². The maximum atomic E-state index is 12.9. The van der Waals surface area contributed by atoms with Gasteiger partial charge >= 0.3 is 0 Å². The molecule has 0 aliphatic carbocycles. The van der Waals surface area contributed by atoms with E-state index in [9.17, 15) is 9.59 Å². The molecule has 4 rings (SSSR count). The summed E-state index contributed by atoms with van der Waals surface area (Å²) in [6.45, 7) is 3.87. The van der Waals surface area contributed by atoms with Crippen LogP contribution in [0.5, 0.6) is 0 Å². The molecule has 0 atom stereocenters. The maximum Gasteiger partial charge on any atom is 0.280 e. The minimum absolute atomic E-state index is 0.186. The van der Waals surface area contributed by atoms with Crippen LogP contribution < -0.4 is 11.1 Å². The first kappa shape index (κ1) is 21.5. The lowest BCUT2D eigenvalue weighted by Crippen LogP contribution is -2.17. The number of aryl methyl sites for hydroxylation is 1. The second-order valence-corrected chi connectivity index (χ2v) is 8.14. The van der Waals surface area contributed by atoms with Crippen LogP contribution in [0.15, 0.2) is 74.3 Å². The maximum absolute atomic E-state index is 12.9. The Kier molecular flexibility index (Phi) is 6.46. The average Bonchev–Trinajstić information content (AvgIpc) is 3.10. The molecule has 0 saturated heterocycles. The van der Waals surface area contributed by atoms with Crippen LogP contribution in [-0.4, -0.2) is 36.9 Å². The van der Waals surface area contributed by atoms with E-state index in [4.69, 9.17) is 0 Å². The van der Waals surface area contributed by atoms with E-state index in [1.54, 1.807) is 18.2 Å². The Morgan fingerprint density at radius 2 is 1.81 bits per heavy atom. The van der Waals surface area contributed by atoms with Crippen LogP contribution in [0, 0.1) is 6.92 Å². The standard InChI is InChI=1S/C23H22N6O2S/c1-3-13-32-23-25-21(30)20(26-27-23)17-11-7-8-12-19(17)24-14-18-15(2)28-29(22(18)31)16-9-5-4-6-10-16/h4-12,14,28H,3,13H2,1-2H3,(H,25,27,30). The molecule has 0 saturated carbocycles. The molecule has 0 radical (unpaired) electrons. The van der Waals surface area contributed by atoms with Crippen LogP contribution in [0.1, 0.15) is 24.6 Å². The third kappa shape index (κ3) is 4.47. The number of hydrogen-bond donors (Lipinski definition) is 2. The molecule has 32 heavy (non-hydrogen) atoms. The fourth-order valence-corrected chi connectivity index (χ4v) is 3.81. The van der Waals surface area contributed by atoms with Crippen LogP contribution in [0.25, 0.3) is 16.9 Å². The van der Waals surface area contributed by atoms with E-state index in [2.05, 4.69) is 32.2 Å². The lowest BCUT2D eigenvalue weighted by atomic mass is 10.1. The highest BCUT2D eigenvalue weighted by molar-refractivity contribution is 7.99. The topological polar surface area (TPSA) is 109 Å². The number of aromatic nitrogens is 5. The van der Waals surface area contributed by atoms with Crippen molar-refractivity contribution in [3.05, 3.63) is 86.6 Å². The number of rotatable bonds is 7. The quantitative estimate of drug-likeness (QED) is 0.331. The number of aliphatic imine (C=N–C) groups is 1. The fraction of sp³-hybridized carbons (Fsp3) is 0.174. The molecule has 0 aliphatic rings. The van der Waals surface area contributed by atoms with Crippen molar-refractivity contribution in [1.82, 2.24) is 25.0 Å². The van der Waals surface area contributed by atoms with Gasteiger partial charge in [0.1, 0.15) is 0 Å². The average molecular weight is 447 g/mol. The van der Waals surface area contributed by atoms with Crippen LogP contribution in [0.2, 0.25) is 0 Å². The molecular formula is C23H22N6O2S. The highest BCUT2D eigenvalue weighted by Crippen LogP contribution is 2.26. The van der Waals surface area contributed by atoms with Crippen LogP contribution >= 0.6 is 11.8 Å². The molecule has 0 bridgehead atoms. The third-order valence-corrected chi connectivity index (χ3v) is 5.81.